The summed E-state index contributed by atoms with van der Waals surface area (Å²) < 4.78 is 46.9. The summed E-state index contributed by atoms with van der Waals surface area (Å²) in [5, 5.41) is 6.59. The number of hydrogen-bond donors (Lipinski definition) is 1. The van der Waals surface area contributed by atoms with Crippen LogP contribution in [0.3, 0.4) is 0 Å². The van der Waals surface area contributed by atoms with Gasteiger partial charge in [-0.2, -0.15) is 18.3 Å². The van der Waals surface area contributed by atoms with Gasteiger partial charge in [-0.3, -0.25) is 9.59 Å². The number of aromatic nitrogens is 2. The lowest BCUT2D eigenvalue weighted by molar-refractivity contribution is -0.143. The molecule has 7 nitrogen and oxygen atoms in total. The predicted molar refractivity (Wildman–Crippen MR) is 101 cm³/mol. The fourth-order valence-corrected chi connectivity index (χ4v) is 2.83. The molecule has 30 heavy (non-hydrogen) atoms. The molecule has 0 spiro atoms. The second-order valence-corrected chi connectivity index (χ2v) is 6.75. The average molecular weight is 441 g/mol. The van der Waals surface area contributed by atoms with Gasteiger partial charge in [0.15, 0.2) is 5.69 Å². The number of hydrogen-bond acceptors (Lipinski definition) is 4. The summed E-state index contributed by atoms with van der Waals surface area (Å²) in [6.45, 7) is -0.348. The fraction of sp³-hybridized carbons (Fsp3) is 0.211. The van der Waals surface area contributed by atoms with Gasteiger partial charge >= 0.3 is 6.18 Å². The highest BCUT2D eigenvalue weighted by atomic mass is 35.5. The van der Waals surface area contributed by atoms with E-state index in [-0.39, 0.29) is 12.2 Å². The standard InChI is InChI=1S/C19H16ClF3N4O3/c1-26(11-16(28)24-9-14-3-2-8-30-14)18(29)15-10-25-27(17(15)19(21,22)23)13-6-4-12(20)5-7-13/h2-8,10H,9,11H2,1H3,(H,24,28). The van der Waals surface area contributed by atoms with E-state index >= 15 is 0 Å². The van der Waals surface area contributed by atoms with Crippen LogP contribution < -0.4 is 5.32 Å². The van der Waals surface area contributed by atoms with Crippen molar-refractivity contribution in [3.8, 4) is 5.69 Å². The normalized spacial score (nSPS) is 11.4. The molecule has 3 aromatic rings. The molecule has 11 heteroatoms. The van der Waals surface area contributed by atoms with E-state index in [2.05, 4.69) is 10.4 Å². The Morgan fingerprint density at radius 1 is 1.23 bits per heavy atom. The lowest BCUT2D eigenvalue weighted by Gasteiger charge is -2.18. The van der Waals surface area contributed by atoms with E-state index < -0.39 is 35.8 Å². The van der Waals surface area contributed by atoms with Crippen LogP contribution in [0.4, 0.5) is 13.2 Å². The van der Waals surface area contributed by atoms with Gasteiger partial charge in [-0.05, 0) is 36.4 Å². The van der Waals surface area contributed by atoms with Crippen molar-refractivity contribution in [1.29, 1.82) is 0 Å². The van der Waals surface area contributed by atoms with E-state index in [1.807, 2.05) is 0 Å². The van der Waals surface area contributed by atoms with E-state index in [1.165, 1.54) is 37.6 Å². The summed E-state index contributed by atoms with van der Waals surface area (Å²) in [7, 11) is 1.23. The molecule has 0 saturated carbocycles. The Morgan fingerprint density at radius 2 is 1.93 bits per heavy atom. The number of carbonyl (C=O) groups is 2. The average Bonchev–Trinajstić information content (AvgIpc) is 3.36. The van der Waals surface area contributed by atoms with Crippen LogP contribution in [0, 0.1) is 0 Å². The molecule has 3 rings (SSSR count). The Morgan fingerprint density at radius 3 is 2.53 bits per heavy atom. The first kappa shape index (κ1) is 21.4. The summed E-state index contributed by atoms with van der Waals surface area (Å²) in [5.74, 6) is -1.04. The number of furan rings is 1. The lowest BCUT2D eigenvalue weighted by atomic mass is 10.2. The van der Waals surface area contributed by atoms with Crippen molar-refractivity contribution in [3.63, 3.8) is 0 Å². The van der Waals surface area contributed by atoms with Crippen LogP contribution in [0.2, 0.25) is 5.02 Å². The van der Waals surface area contributed by atoms with E-state index in [0.717, 1.165) is 11.1 Å². The molecule has 0 aliphatic rings. The Hall–Kier alpha value is -3.27. The van der Waals surface area contributed by atoms with Crippen molar-refractivity contribution in [3.05, 3.63) is 70.9 Å². The molecule has 158 valence electrons. The fourth-order valence-electron chi connectivity index (χ4n) is 2.70. The van der Waals surface area contributed by atoms with Crippen molar-refractivity contribution < 1.29 is 27.2 Å². The smallest absolute Gasteiger partial charge is 0.434 e. The molecule has 0 unspecified atom stereocenters. The van der Waals surface area contributed by atoms with E-state index in [1.54, 1.807) is 12.1 Å². The van der Waals surface area contributed by atoms with Crippen LogP contribution in [0.25, 0.3) is 5.69 Å². The first-order valence-corrected chi connectivity index (χ1v) is 9.00. The number of nitrogens with one attached hydrogen (secondary N) is 1. The maximum absolute atomic E-state index is 13.7. The molecule has 1 aromatic carbocycles. The van der Waals surface area contributed by atoms with E-state index in [9.17, 15) is 22.8 Å². The van der Waals surface area contributed by atoms with Crippen LogP contribution in [-0.4, -0.2) is 40.1 Å². The number of amides is 2. The minimum Gasteiger partial charge on any atom is -0.467 e. The molecule has 0 aliphatic heterocycles. The molecule has 0 radical (unpaired) electrons. The number of rotatable bonds is 6. The van der Waals surface area contributed by atoms with Gasteiger partial charge in [0.1, 0.15) is 5.76 Å². The van der Waals surface area contributed by atoms with Crippen molar-refractivity contribution in [2.24, 2.45) is 0 Å². The summed E-state index contributed by atoms with van der Waals surface area (Å²) in [4.78, 5) is 25.5. The molecule has 2 aromatic heterocycles. The highest BCUT2D eigenvalue weighted by Gasteiger charge is 2.41. The van der Waals surface area contributed by atoms with Crippen LogP contribution in [0.5, 0.6) is 0 Å². The van der Waals surface area contributed by atoms with Crippen molar-refractivity contribution >= 4 is 23.4 Å². The van der Waals surface area contributed by atoms with Crippen molar-refractivity contribution in [1.82, 2.24) is 20.0 Å². The molecule has 0 saturated heterocycles. The zero-order valence-corrected chi connectivity index (χ0v) is 16.4. The van der Waals surface area contributed by atoms with Gasteiger partial charge in [-0.1, -0.05) is 11.6 Å². The van der Waals surface area contributed by atoms with Gasteiger partial charge in [-0.15, -0.1) is 0 Å². The van der Waals surface area contributed by atoms with Crippen molar-refractivity contribution in [2.75, 3.05) is 13.6 Å². The number of halogens is 4. The highest BCUT2D eigenvalue weighted by molar-refractivity contribution is 6.30. The Balaban J connectivity index is 1.79. The quantitative estimate of drug-likeness (QED) is 0.636. The maximum Gasteiger partial charge on any atom is 0.434 e. The van der Waals surface area contributed by atoms with E-state index in [4.69, 9.17) is 16.0 Å². The molecule has 1 N–H and O–H groups in total. The third-order valence-corrected chi connectivity index (χ3v) is 4.36. The minimum atomic E-state index is -4.86. The van der Waals surface area contributed by atoms with E-state index in [0.29, 0.717) is 15.5 Å². The van der Waals surface area contributed by atoms with Gasteiger partial charge < -0.3 is 14.6 Å². The number of benzene rings is 1. The minimum absolute atomic E-state index is 0.0876. The largest absolute Gasteiger partial charge is 0.467 e. The Labute approximate surface area is 174 Å². The number of nitrogens with zero attached hydrogens (tertiary/aromatic N) is 3. The van der Waals surface area contributed by atoms with Crippen LogP contribution in [-0.2, 0) is 17.5 Å². The first-order valence-electron chi connectivity index (χ1n) is 8.62. The molecule has 2 heterocycles. The second-order valence-electron chi connectivity index (χ2n) is 6.31. The number of likely N-dealkylation sites (N-methyl/N-ethyl adjacent to an activating group) is 1. The molecule has 0 bridgehead atoms. The SMILES string of the molecule is CN(CC(=O)NCc1ccco1)C(=O)c1cnn(-c2ccc(Cl)cc2)c1C(F)(F)F. The lowest BCUT2D eigenvalue weighted by Crippen LogP contribution is -2.38. The van der Waals surface area contributed by atoms with Crippen molar-refractivity contribution in [2.45, 2.75) is 12.7 Å². The third-order valence-electron chi connectivity index (χ3n) is 4.11. The van der Waals surface area contributed by atoms with Gasteiger partial charge in [0.05, 0.1) is 36.8 Å². The summed E-state index contributed by atoms with van der Waals surface area (Å²) in [5.41, 5.74) is -1.82. The molecular formula is C19H16ClF3N4O3. The summed E-state index contributed by atoms with van der Waals surface area (Å²) >= 11 is 5.78. The third kappa shape index (κ3) is 4.82. The monoisotopic (exact) mass is 440 g/mol. The van der Waals surface area contributed by atoms with Gasteiger partial charge in [0.25, 0.3) is 5.91 Å². The molecular weight excluding hydrogens is 425 g/mol. The molecule has 0 atom stereocenters. The van der Waals surface area contributed by atoms with Gasteiger partial charge in [0.2, 0.25) is 5.91 Å². The Kier molecular flexibility index (Phi) is 6.16. The number of carbonyl (C=O) groups excluding carboxylic acids is 2. The molecule has 0 fully saturated rings. The first-order chi connectivity index (χ1) is 14.2. The van der Waals surface area contributed by atoms with Crippen LogP contribution >= 0.6 is 11.6 Å². The van der Waals surface area contributed by atoms with Crippen LogP contribution in [0.15, 0.2) is 53.3 Å². The summed E-state index contributed by atoms with van der Waals surface area (Å²) in [6.07, 6.45) is -2.59. The van der Waals surface area contributed by atoms with Gasteiger partial charge in [-0.25, -0.2) is 4.68 Å². The second kappa shape index (κ2) is 8.62. The predicted octanol–water partition coefficient (Wildman–Crippen LogP) is 3.53. The topological polar surface area (TPSA) is 80.4 Å². The van der Waals surface area contributed by atoms with Crippen LogP contribution in [0.1, 0.15) is 21.8 Å². The van der Waals surface area contributed by atoms with Gasteiger partial charge in [0, 0.05) is 12.1 Å². The zero-order chi connectivity index (χ0) is 21.9. The highest BCUT2D eigenvalue weighted by Crippen LogP contribution is 2.34. The molecule has 2 amide bonds. The maximum atomic E-state index is 13.7. The zero-order valence-electron chi connectivity index (χ0n) is 15.6. The molecule has 0 aliphatic carbocycles. The number of alkyl halides is 3. The Bertz CT molecular complexity index is 1030. The summed E-state index contributed by atoms with van der Waals surface area (Å²) in [6, 6.07) is 8.82.